The van der Waals surface area contributed by atoms with Gasteiger partial charge in [0, 0.05) is 18.4 Å². The van der Waals surface area contributed by atoms with Gasteiger partial charge >= 0.3 is 6.18 Å². The number of amides is 3. The van der Waals surface area contributed by atoms with Gasteiger partial charge in [-0.2, -0.15) is 13.2 Å². The lowest BCUT2D eigenvalue weighted by molar-refractivity contribution is -0.137. The third-order valence-corrected chi connectivity index (χ3v) is 4.05. The molecule has 3 amide bonds. The Hall–Kier alpha value is -3.36. The third-order valence-electron chi connectivity index (χ3n) is 4.05. The van der Waals surface area contributed by atoms with E-state index in [0.29, 0.717) is 0 Å². The van der Waals surface area contributed by atoms with Crippen molar-refractivity contribution in [3.8, 4) is 0 Å². The number of hydrogen-bond acceptors (Lipinski definition) is 3. The predicted molar refractivity (Wildman–Crippen MR) is 99.3 cm³/mol. The number of carbonyl (C=O) groups is 3. The van der Waals surface area contributed by atoms with Gasteiger partial charge in [-0.15, -0.1) is 0 Å². The van der Waals surface area contributed by atoms with Crippen LogP contribution in [0.3, 0.4) is 0 Å². The van der Waals surface area contributed by atoms with Gasteiger partial charge in [0.25, 0.3) is 5.91 Å². The van der Waals surface area contributed by atoms with E-state index in [9.17, 15) is 27.6 Å². The Morgan fingerprint density at radius 3 is 2.03 bits per heavy atom. The summed E-state index contributed by atoms with van der Waals surface area (Å²) < 4.78 is 37.5. The van der Waals surface area contributed by atoms with E-state index in [0.717, 1.165) is 29.8 Å². The molecule has 0 aromatic heterocycles. The molecule has 2 rings (SSSR count). The summed E-state index contributed by atoms with van der Waals surface area (Å²) in [6.45, 7) is 1.82. The van der Waals surface area contributed by atoms with E-state index in [2.05, 4.69) is 16.2 Å². The van der Waals surface area contributed by atoms with Gasteiger partial charge in [0.1, 0.15) is 0 Å². The smallest absolute Gasteiger partial charge is 0.350 e. The maximum atomic E-state index is 12.5. The van der Waals surface area contributed by atoms with Crippen molar-refractivity contribution in [1.29, 1.82) is 0 Å². The normalized spacial score (nSPS) is 12.0. The Morgan fingerprint density at radius 2 is 1.45 bits per heavy atom. The van der Waals surface area contributed by atoms with E-state index in [1.807, 2.05) is 37.3 Å². The molecule has 0 spiro atoms. The molecule has 0 fully saturated rings. The molecule has 154 valence electrons. The minimum Gasteiger partial charge on any atom is -0.350 e. The van der Waals surface area contributed by atoms with Crippen molar-refractivity contribution in [2.24, 2.45) is 0 Å². The van der Waals surface area contributed by atoms with Gasteiger partial charge in [-0.25, -0.2) is 0 Å². The maximum absolute atomic E-state index is 12.5. The lowest BCUT2D eigenvalue weighted by Gasteiger charge is -2.14. The van der Waals surface area contributed by atoms with Crippen molar-refractivity contribution in [1.82, 2.24) is 16.2 Å². The van der Waals surface area contributed by atoms with Crippen LogP contribution in [0.2, 0.25) is 0 Å². The highest BCUT2D eigenvalue weighted by Crippen LogP contribution is 2.29. The summed E-state index contributed by atoms with van der Waals surface area (Å²) in [7, 11) is 0. The van der Waals surface area contributed by atoms with Crippen LogP contribution in [0.5, 0.6) is 0 Å². The molecule has 6 nitrogen and oxygen atoms in total. The van der Waals surface area contributed by atoms with E-state index < -0.39 is 23.6 Å². The summed E-state index contributed by atoms with van der Waals surface area (Å²) in [6, 6.07) is 12.6. The second kappa shape index (κ2) is 9.72. The molecule has 3 N–H and O–H groups in total. The lowest BCUT2D eigenvalue weighted by atomic mass is 10.1. The van der Waals surface area contributed by atoms with Gasteiger partial charge in [0.2, 0.25) is 11.8 Å². The van der Waals surface area contributed by atoms with Crippen LogP contribution in [0.25, 0.3) is 0 Å². The van der Waals surface area contributed by atoms with Crippen LogP contribution >= 0.6 is 0 Å². The number of rotatable bonds is 6. The van der Waals surface area contributed by atoms with Gasteiger partial charge in [-0.1, -0.05) is 30.3 Å². The summed E-state index contributed by atoms with van der Waals surface area (Å²) in [5, 5.41) is 2.76. The quantitative estimate of drug-likeness (QED) is 0.643. The number of hydrazine groups is 1. The zero-order chi connectivity index (χ0) is 21.4. The summed E-state index contributed by atoms with van der Waals surface area (Å²) in [6.07, 6.45) is -4.75. The first-order valence-electron chi connectivity index (χ1n) is 8.77. The fourth-order valence-electron chi connectivity index (χ4n) is 2.44. The molecule has 0 heterocycles. The summed E-state index contributed by atoms with van der Waals surface area (Å²) in [5.74, 6) is -1.70. The first kappa shape index (κ1) is 21.9. The van der Waals surface area contributed by atoms with Gasteiger partial charge in [-0.05, 0) is 36.8 Å². The molecule has 0 aliphatic rings. The van der Waals surface area contributed by atoms with Crippen LogP contribution in [0.4, 0.5) is 13.2 Å². The van der Waals surface area contributed by atoms with Crippen molar-refractivity contribution >= 4 is 17.7 Å². The molecule has 0 saturated carbocycles. The summed E-state index contributed by atoms with van der Waals surface area (Å²) >= 11 is 0. The first-order chi connectivity index (χ1) is 13.7. The maximum Gasteiger partial charge on any atom is 0.416 e. The van der Waals surface area contributed by atoms with Crippen molar-refractivity contribution < 1.29 is 27.6 Å². The molecule has 2 aromatic rings. The van der Waals surface area contributed by atoms with Crippen LogP contribution in [0.1, 0.15) is 47.3 Å². The molecule has 9 heteroatoms. The topological polar surface area (TPSA) is 87.3 Å². The minimum absolute atomic E-state index is 0.0484. The van der Waals surface area contributed by atoms with Gasteiger partial charge in [0.05, 0.1) is 11.6 Å². The van der Waals surface area contributed by atoms with Crippen LogP contribution in [-0.4, -0.2) is 17.7 Å². The zero-order valence-electron chi connectivity index (χ0n) is 15.5. The third kappa shape index (κ3) is 6.95. The molecular formula is C20H20F3N3O3. The summed E-state index contributed by atoms with van der Waals surface area (Å²) in [4.78, 5) is 35.6. The standard InChI is InChI=1S/C20H20F3N3O3/c1-13(14-5-3-2-4-6-14)24-17(27)11-12-18(28)25-26-19(29)15-7-9-16(10-8-15)20(21,22)23/h2-10,13H,11-12H2,1H3,(H,24,27)(H,25,28)(H,26,29)/t13-/m1/s1. The Bertz CT molecular complexity index is 853. The van der Waals surface area contributed by atoms with E-state index in [-0.39, 0.29) is 30.4 Å². The lowest BCUT2D eigenvalue weighted by Crippen LogP contribution is -2.42. The Morgan fingerprint density at radius 1 is 0.862 bits per heavy atom. The van der Waals surface area contributed by atoms with Crippen LogP contribution in [0.15, 0.2) is 54.6 Å². The number of halogens is 3. The predicted octanol–water partition coefficient (Wildman–Crippen LogP) is 3.12. The molecular weight excluding hydrogens is 387 g/mol. The second-order valence-corrected chi connectivity index (χ2v) is 6.28. The molecule has 0 aliphatic heterocycles. The Kier molecular flexibility index (Phi) is 7.35. The number of nitrogens with one attached hydrogen (secondary N) is 3. The van der Waals surface area contributed by atoms with E-state index in [1.165, 1.54) is 0 Å². The summed E-state index contributed by atoms with van der Waals surface area (Å²) in [5.41, 5.74) is 4.22. The highest BCUT2D eigenvalue weighted by molar-refractivity contribution is 5.95. The molecule has 29 heavy (non-hydrogen) atoms. The van der Waals surface area contributed by atoms with Crippen LogP contribution < -0.4 is 16.2 Å². The fourth-order valence-corrected chi connectivity index (χ4v) is 2.44. The molecule has 0 radical (unpaired) electrons. The van der Waals surface area contributed by atoms with Gasteiger partial charge in [-0.3, -0.25) is 25.2 Å². The van der Waals surface area contributed by atoms with Crippen molar-refractivity contribution in [2.75, 3.05) is 0 Å². The Labute approximate surface area is 165 Å². The largest absolute Gasteiger partial charge is 0.416 e. The average molecular weight is 407 g/mol. The van der Waals surface area contributed by atoms with Crippen molar-refractivity contribution in [3.63, 3.8) is 0 Å². The molecule has 0 aliphatic carbocycles. The molecule has 0 unspecified atom stereocenters. The van der Waals surface area contributed by atoms with E-state index in [1.54, 1.807) is 0 Å². The van der Waals surface area contributed by atoms with Gasteiger partial charge < -0.3 is 5.32 Å². The number of alkyl halides is 3. The zero-order valence-corrected chi connectivity index (χ0v) is 15.5. The fraction of sp³-hybridized carbons (Fsp3) is 0.250. The number of benzene rings is 2. The molecule has 1 atom stereocenters. The van der Waals surface area contributed by atoms with E-state index in [4.69, 9.17) is 0 Å². The Balaban J connectivity index is 1.73. The number of hydrogen-bond donors (Lipinski definition) is 3. The first-order valence-corrected chi connectivity index (χ1v) is 8.77. The van der Waals surface area contributed by atoms with Crippen LogP contribution in [-0.2, 0) is 15.8 Å². The SMILES string of the molecule is C[C@@H](NC(=O)CCC(=O)NNC(=O)c1ccc(C(F)(F)F)cc1)c1ccccc1. The monoisotopic (exact) mass is 407 g/mol. The average Bonchev–Trinajstić information content (AvgIpc) is 2.70. The molecule has 2 aromatic carbocycles. The minimum atomic E-state index is -4.50. The molecule has 0 saturated heterocycles. The van der Waals surface area contributed by atoms with Gasteiger partial charge in [0.15, 0.2) is 0 Å². The number of carbonyl (C=O) groups excluding carboxylic acids is 3. The van der Waals surface area contributed by atoms with E-state index >= 15 is 0 Å². The van der Waals surface area contributed by atoms with Crippen LogP contribution in [0, 0.1) is 0 Å². The second-order valence-electron chi connectivity index (χ2n) is 6.28. The highest BCUT2D eigenvalue weighted by atomic mass is 19.4. The van der Waals surface area contributed by atoms with Crippen molar-refractivity contribution in [2.45, 2.75) is 32.0 Å². The van der Waals surface area contributed by atoms with Crippen molar-refractivity contribution in [3.05, 3.63) is 71.3 Å². The highest BCUT2D eigenvalue weighted by Gasteiger charge is 2.30. The molecule has 0 bridgehead atoms.